The van der Waals surface area contributed by atoms with E-state index in [9.17, 15) is 18.8 Å². The van der Waals surface area contributed by atoms with Gasteiger partial charge in [0, 0.05) is 54.9 Å². The van der Waals surface area contributed by atoms with Crippen LogP contribution in [0.4, 0.5) is 13.6 Å². The van der Waals surface area contributed by atoms with Gasteiger partial charge in [0.2, 0.25) is 5.95 Å². The third-order valence-electron chi connectivity index (χ3n) is 6.42. The highest BCUT2D eigenvalue weighted by Gasteiger charge is 2.27. The smallest absolute Gasteiger partial charge is 0.326 e. The summed E-state index contributed by atoms with van der Waals surface area (Å²) in [6.07, 6.45) is 5.98. The fraction of sp³-hybridized carbons (Fsp3) is 0.179. The summed E-state index contributed by atoms with van der Waals surface area (Å²) < 4.78 is 29.6. The Labute approximate surface area is 217 Å². The molecule has 1 aliphatic rings. The summed E-state index contributed by atoms with van der Waals surface area (Å²) in [4.78, 5) is 19.0. The van der Waals surface area contributed by atoms with Crippen LogP contribution in [0.25, 0.3) is 17.0 Å². The maximum Gasteiger partial charge on any atom is 0.326 e. The second-order valence-corrected chi connectivity index (χ2v) is 9.24. The molecule has 0 unspecified atom stereocenters. The molecule has 6 nitrogen and oxygen atoms in total. The number of rotatable bonds is 5. The molecule has 1 N–H and O–H groups in total. The molecule has 5 rings (SSSR count). The monoisotopic (exact) mass is 517 g/mol. The summed E-state index contributed by atoms with van der Waals surface area (Å²) in [6, 6.07) is 14.6. The van der Waals surface area contributed by atoms with Gasteiger partial charge in [0.25, 0.3) is 0 Å². The van der Waals surface area contributed by atoms with Crippen LogP contribution in [0.2, 0.25) is 5.02 Å². The number of amides is 1. The van der Waals surface area contributed by atoms with E-state index in [0.717, 1.165) is 16.8 Å². The Bertz CT molecular complexity index is 1560. The Hall–Kier alpha value is -4.06. The van der Waals surface area contributed by atoms with Crippen molar-refractivity contribution in [3.63, 3.8) is 0 Å². The number of hydrogen-bond donors (Lipinski definition) is 1. The van der Waals surface area contributed by atoms with Gasteiger partial charge in [-0.2, -0.15) is 9.65 Å². The van der Waals surface area contributed by atoms with Crippen molar-refractivity contribution >= 4 is 34.6 Å². The molecule has 4 aromatic rings. The summed E-state index contributed by atoms with van der Waals surface area (Å²) in [7, 11) is 0. The van der Waals surface area contributed by atoms with E-state index in [2.05, 4.69) is 21.3 Å². The van der Waals surface area contributed by atoms with Crippen molar-refractivity contribution in [3.05, 3.63) is 106 Å². The first kappa shape index (κ1) is 24.6. The molecule has 0 aliphatic carbocycles. The minimum absolute atomic E-state index is 0.0979. The van der Waals surface area contributed by atoms with E-state index in [1.807, 2.05) is 36.4 Å². The first-order valence-corrected chi connectivity index (χ1v) is 12.1. The predicted octanol–water partition coefficient (Wildman–Crippen LogP) is 5.67. The van der Waals surface area contributed by atoms with Crippen LogP contribution >= 0.6 is 11.6 Å². The quantitative estimate of drug-likeness (QED) is 0.346. The zero-order valence-corrected chi connectivity index (χ0v) is 20.5. The standard InChI is InChI=1S/C28H22ClF2N5O/c29-21-5-3-18(4-6-21)2-1-10-35-11-8-25-23(17-35)22-14-24(30)20(15-32)13-26(22)36(25)28(37)34-16-19-7-9-33-27(31)12-19/h1-7,9,12-14H,8,10-11,16-17H2,(H,34,37)/b2-1+. The fourth-order valence-corrected chi connectivity index (χ4v) is 4.75. The molecule has 186 valence electrons. The third kappa shape index (κ3) is 5.24. The van der Waals surface area contributed by atoms with E-state index in [1.54, 1.807) is 6.07 Å². The number of fused-ring (bicyclic) bond motifs is 3. The molecule has 0 atom stereocenters. The van der Waals surface area contributed by atoms with Crippen LogP contribution in [-0.4, -0.2) is 33.6 Å². The van der Waals surface area contributed by atoms with Gasteiger partial charge in [-0.1, -0.05) is 35.9 Å². The topological polar surface area (TPSA) is 74.0 Å². The van der Waals surface area contributed by atoms with Crippen LogP contribution in [0.15, 0.2) is 60.8 Å². The number of hydrogen-bond acceptors (Lipinski definition) is 4. The number of pyridine rings is 1. The molecule has 0 saturated heterocycles. The molecule has 0 saturated carbocycles. The molecule has 0 spiro atoms. The summed E-state index contributed by atoms with van der Waals surface area (Å²) in [5.74, 6) is -1.25. The highest BCUT2D eigenvalue weighted by molar-refractivity contribution is 6.30. The van der Waals surface area contributed by atoms with Crippen molar-refractivity contribution in [2.24, 2.45) is 0 Å². The molecule has 1 aliphatic heterocycles. The van der Waals surface area contributed by atoms with Gasteiger partial charge in [-0.15, -0.1) is 0 Å². The minimum atomic E-state index is -0.630. The largest absolute Gasteiger partial charge is 0.333 e. The minimum Gasteiger partial charge on any atom is -0.333 e. The molecule has 0 fully saturated rings. The maximum absolute atomic E-state index is 14.6. The third-order valence-corrected chi connectivity index (χ3v) is 6.67. The molecule has 37 heavy (non-hydrogen) atoms. The predicted molar refractivity (Wildman–Crippen MR) is 138 cm³/mol. The number of aromatic nitrogens is 2. The van der Waals surface area contributed by atoms with Crippen LogP contribution in [-0.2, 0) is 19.5 Å². The Morgan fingerprint density at radius 1 is 1.19 bits per heavy atom. The van der Waals surface area contributed by atoms with Gasteiger partial charge in [0.1, 0.15) is 11.9 Å². The van der Waals surface area contributed by atoms with Crippen molar-refractivity contribution in [2.75, 3.05) is 13.1 Å². The van der Waals surface area contributed by atoms with Gasteiger partial charge in [-0.25, -0.2) is 14.2 Å². The number of benzene rings is 2. The Morgan fingerprint density at radius 2 is 2.00 bits per heavy atom. The zero-order valence-electron chi connectivity index (χ0n) is 19.7. The molecular weight excluding hydrogens is 496 g/mol. The van der Waals surface area contributed by atoms with Gasteiger partial charge in [0.15, 0.2) is 0 Å². The molecule has 0 radical (unpaired) electrons. The lowest BCUT2D eigenvalue weighted by molar-refractivity contribution is 0.240. The van der Waals surface area contributed by atoms with E-state index in [-0.39, 0.29) is 12.1 Å². The number of nitrogens with one attached hydrogen (secondary N) is 1. The fourth-order valence-electron chi connectivity index (χ4n) is 4.62. The summed E-state index contributed by atoms with van der Waals surface area (Å²) >= 11 is 5.95. The summed E-state index contributed by atoms with van der Waals surface area (Å²) in [5.41, 5.74) is 3.58. The second-order valence-electron chi connectivity index (χ2n) is 8.81. The van der Waals surface area contributed by atoms with Crippen LogP contribution in [0.5, 0.6) is 0 Å². The van der Waals surface area contributed by atoms with E-state index >= 15 is 0 Å². The Kier molecular flexibility index (Phi) is 6.99. The van der Waals surface area contributed by atoms with Crippen LogP contribution in [0, 0.1) is 23.1 Å². The van der Waals surface area contributed by atoms with E-state index < -0.39 is 17.8 Å². The van der Waals surface area contributed by atoms with Gasteiger partial charge in [0.05, 0.1) is 11.1 Å². The lowest BCUT2D eigenvalue weighted by Gasteiger charge is -2.27. The van der Waals surface area contributed by atoms with Crippen molar-refractivity contribution in [1.82, 2.24) is 19.8 Å². The average Bonchev–Trinajstić information content (AvgIpc) is 3.20. The van der Waals surface area contributed by atoms with Crippen LogP contribution < -0.4 is 5.32 Å². The zero-order chi connectivity index (χ0) is 25.9. The van der Waals surface area contributed by atoms with Gasteiger partial charge < -0.3 is 5.32 Å². The highest BCUT2D eigenvalue weighted by Crippen LogP contribution is 2.32. The first-order chi connectivity index (χ1) is 17.9. The van der Waals surface area contributed by atoms with E-state index in [4.69, 9.17) is 11.6 Å². The Morgan fingerprint density at radius 3 is 2.76 bits per heavy atom. The molecule has 1 amide bonds. The molecular formula is C28H22ClF2N5O. The van der Waals surface area contributed by atoms with Gasteiger partial charge in [-0.3, -0.25) is 9.47 Å². The van der Waals surface area contributed by atoms with Crippen molar-refractivity contribution in [1.29, 1.82) is 5.26 Å². The van der Waals surface area contributed by atoms with Crippen molar-refractivity contribution < 1.29 is 13.6 Å². The van der Waals surface area contributed by atoms with E-state index in [1.165, 1.54) is 29.0 Å². The van der Waals surface area contributed by atoms with Crippen LogP contribution in [0.3, 0.4) is 0 Å². The number of nitrogens with zero attached hydrogens (tertiary/aromatic N) is 4. The molecule has 9 heteroatoms. The number of halogens is 3. The number of nitriles is 1. The maximum atomic E-state index is 14.6. The molecule has 3 heterocycles. The first-order valence-electron chi connectivity index (χ1n) is 11.7. The highest BCUT2D eigenvalue weighted by atomic mass is 35.5. The Balaban J connectivity index is 1.42. The molecule has 2 aromatic carbocycles. The second kappa shape index (κ2) is 10.5. The van der Waals surface area contributed by atoms with Crippen molar-refractivity contribution in [3.8, 4) is 6.07 Å². The summed E-state index contributed by atoms with van der Waals surface area (Å²) in [5, 5.41) is 13.5. The van der Waals surface area contributed by atoms with Crippen LogP contribution in [0.1, 0.15) is 27.9 Å². The lowest BCUT2D eigenvalue weighted by Crippen LogP contribution is -2.34. The summed E-state index contributed by atoms with van der Waals surface area (Å²) in [6.45, 7) is 2.00. The normalized spacial score (nSPS) is 13.6. The SMILES string of the molecule is N#Cc1cc2c(cc1F)c1c(n2C(=O)NCc2ccnc(F)c2)CCN(C/C=C/c2ccc(Cl)cc2)C1. The number of carbonyl (C=O) groups excluding carboxylic acids is 1. The molecule has 0 bridgehead atoms. The van der Waals surface area contributed by atoms with Crippen molar-refractivity contribution in [2.45, 2.75) is 19.5 Å². The lowest BCUT2D eigenvalue weighted by atomic mass is 10.0. The van der Waals surface area contributed by atoms with E-state index in [0.29, 0.717) is 47.5 Å². The average molecular weight is 518 g/mol. The molecule has 2 aromatic heterocycles. The number of carbonyl (C=O) groups is 1. The van der Waals surface area contributed by atoms with Gasteiger partial charge in [-0.05, 0) is 53.1 Å². The van der Waals surface area contributed by atoms with Gasteiger partial charge >= 0.3 is 6.03 Å².